The van der Waals surface area contributed by atoms with E-state index in [-0.39, 0.29) is 11.7 Å². The second kappa shape index (κ2) is 5.25. The molecule has 0 aromatic heterocycles. The Balaban J connectivity index is 1.69. The minimum Gasteiger partial charge on any atom is -0.508 e. The minimum atomic E-state index is 0.0879. The van der Waals surface area contributed by atoms with Gasteiger partial charge in [0.05, 0.1) is 5.75 Å². The molecule has 1 aliphatic rings. The first kappa shape index (κ1) is 11.3. The molecule has 1 saturated carbocycles. The molecule has 1 aromatic carbocycles. The van der Waals surface area contributed by atoms with Crippen LogP contribution in [0.4, 0.5) is 0 Å². The molecule has 0 saturated heterocycles. The molecule has 0 aliphatic heterocycles. The van der Waals surface area contributed by atoms with Crippen molar-refractivity contribution in [2.75, 3.05) is 12.3 Å². The van der Waals surface area contributed by atoms with Crippen LogP contribution in [0.1, 0.15) is 12.8 Å². The second-order valence-corrected chi connectivity index (χ2v) is 5.08. The largest absolute Gasteiger partial charge is 0.508 e. The third-order valence-corrected chi connectivity index (χ3v) is 3.50. The molecule has 86 valence electrons. The fourth-order valence-electron chi connectivity index (χ4n) is 1.32. The van der Waals surface area contributed by atoms with Crippen molar-refractivity contribution >= 4 is 17.7 Å². The lowest BCUT2D eigenvalue weighted by atomic mass is 10.3. The standard InChI is InChI=1S/C12H15NO2S/c14-10-3-5-11(6-4-10)16-8-12(15)13-7-9-1-2-9/h3-6,9,14H,1-2,7-8H2,(H,13,15). The molecule has 0 heterocycles. The van der Waals surface area contributed by atoms with Crippen molar-refractivity contribution in [3.8, 4) is 5.75 Å². The van der Waals surface area contributed by atoms with Gasteiger partial charge in [-0.05, 0) is 43.0 Å². The lowest BCUT2D eigenvalue weighted by Crippen LogP contribution is -2.27. The number of phenolic OH excluding ortho intramolecular Hbond substituents is 1. The Hall–Kier alpha value is -1.16. The normalized spacial score (nSPS) is 14.8. The van der Waals surface area contributed by atoms with Crippen molar-refractivity contribution in [2.45, 2.75) is 17.7 Å². The lowest BCUT2D eigenvalue weighted by Gasteiger charge is -2.04. The van der Waals surface area contributed by atoms with Crippen LogP contribution in [0, 0.1) is 5.92 Å². The van der Waals surface area contributed by atoms with Gasteiger partial charge in [-0.15, -0.1) is 11.8 Å². The summed E-state index contributed by atoms with van der Waals surface area (Å²) in [5.41, 5.74) is 0. The SMILES string of the molecule is O=C(CSc1ccc(O)cc1)NCC1CC1. The zero-order chi connectivity index (χ0) is 11.4. The number of carbonyl (C=O) groups excluding carboxylic acids is 1. The van der Waals surface area contributed by atoms with Crippen LogP contribution < -0.4 is 5.32 Å². The number of rotatable bonds is 5. The van der Waals surface area contributed by atoms with E-state index < -0.39 is 0 Å². The summed E-state index contributed by atoms with van der Waals surface area (Å²) in [6, 6.07) is 6.89. The zero-order valence-electron chi connectivity index (χ0n) is 8.98. The molecular weight excluding hydrogens is 222 g/mol. The average molecular weight is 237 g/mol. The number of aromatic hydroxyl groups is 1. The van der Waals surface area contributed by atoms with Crippen LogP contribution in [0.15, 0.2) is 29.2 Å². The highest BCUT2D eigenvalue weighted by atomic mass is 32.2. The molecule has 3 nitrogen and oxygen atoms in total. The molecule has 0 radical (unpaired) electrons. The smallest absolute Gasteiger partial charge is 0.230 e. The molecular formula is C12H15NO2S. The Labute approximate surface area is 99.2 Å². The Bertz CT molecular complexity index is 360. The number of amides is 1. The Morgan fingerprint density at radius 2 is 2.06 bits per heavy atom. The number of hydrogen-bond donors (Lipinski definition) is 2. The molecule has 1 fully saturated rings. The summed E-state index contributed by atoms with van der Waals surface area (Å²) in [7, 11) is 0. The van der Waals surface area contributed by atoms with Crippen LogP contribution in [0.2, 0.25) is 0 Å². The molecule has 4 heteroatoms. The predicted octanol–water partition coefficient (Wildman–Crippen LogP) is 2.01. The van der Waals surface area contributed by atoms with Gasteiger partial charge in [0.1, 0.15) is 5.75 Å². The van der Waals surface area contributed by atoms with Crippen molar-refractivity contribution in [1.29, 1.82) is 0 Å². The molecule has 0 bridgehead atoms. The van der Waals surface area contributed by atoms with Crippen molar-refractivity contribution in [3.05, 3.63) is 24.3 Å². The van der Waals surface area contributed by atoms with Crippen molar-refractivity contribution in [2.24, 2.45) is 5.92 Å². The first-order valence-electron chi connectivity index (χ1n) is 5.42. The third kappa shape index (κ3) is 3.77. The molecule has 0 unspecified atom stereocenters. The lowest BCUT2D eigenvalue weighted by molar-refractivity contribution is -0.118. The number of nitrogens with one attached hydrogen (secondary N) is 1. The third-order valence-electron chi connectivity index (χ3n) is 2.49. The Morgan fingerprint density at radius 3 is 2.69 bits per heavy atom. The van der Waals surface area contributed by atoms with Gasteiger partial charge in [0.2, 0.25) is 5.91 Å². The Morgan fingerprint density at radius 1 is 1.38 bits per heavy atom. The number of carbonyl (C=O) groups is 1. The van der Waals surface area contributed by atoms with Gasteiger partial charge in [-0.2, -0.15) is 0 Å². The van der Waals surface area contributed by atoms with Gasteiger partial charge in [-0.1, -0.05) is 0 Å². The van der Waals surface area contributed by atoms with Crippen LogP contribution >= 0.6 is 11.8 Å². The van der Waals surface area contributed by atoms with Crippen LogP contribution in [0.3, 0.4) is 0 Å². The summed E-state index contributed by atoms with van der Waals surface area (Å²) in [6.07, 6.45) is 2.51. The maximum Gasteiger partial charge on any atom is 0.230 e. The summed E-state index contributed by atoms with van der Waals surface area (Å²) in [6.45, 7) is 0.828. The van der Waals surface area contributed by atoms with E-state index in [4.69, 9.17) is 5.11 Å². The van der Waals surface area contributed by atoms with E-state index >= 15 is 0 Å². The molecule has 16 heavy (non-hydrogen) atoms. The fraction of sp³-hybridized carbons (Fsp3) is 0.417. The molecule has 0 atom stereocenters. The maximum absolute atomic E-state index is 11.4. The number of thioether (sulfide) groups is 1. The Kier molecular flexibility index (Phi) is 3.72. The van der Waals surface area contributed by atoms with E-state index in [2.05, 4.69) is 5.32 Å². The predicted molar refractivity (Wildman–Crippen MR) is 64.6 cm³/mol. The van der Waals surface area contributed by atoms with E-state index in [9.17, 15) is 4.79 Å². The van der Waals surface area contributed by atoms with Gasteiger partial charge in [0.15, 0.2) is 0 Å². The summed E-state index contributed by atoms with van der Waals surface area (Å²) in [5.74, 6) is 1.51. The molecule has 1 aliphatic carbocycles. The van der Waals surface area contributed by atoms with Crippen molar-refractivity contribution in [1.82, 2.24) is 5.32 Å². The number of phenols is 1. The van der Waals surface area contributed by atoms with Gasteiger partial charge in [0, 0.05) is 11.4 Å². The van der Waals surface area contributed by atoms with Gasteiger partial charge in [-0.25, -0.2) is 0 Å². The number of benzene rings is 1. The maximum atomic E-state index is 11.4. The van der Waals surface area contributed by atoms with Crippen molar-refractivity contribution in [3.63, 3.8) is 0 Å². The van der Waals surface area contributed by atoms with E-state index in [1.165, 1.54) is 24.6 Å². The highest BCUT2D eigenvalue weighted by molar-refractivity contribution is 8.00. The minimum absolute atomic E-state index is 0.0879. The second-order valence-electron chi connectivity index (χ2n) is 4.03. The molecule has 1 amide bonds. The van der Waals surface area contributed by atoms with Gasteiger partial charge in [-0.3, -0.25) is 4.79 Å². The number of hydrogen-bond acceptors (Lipinski definition) is 3. The highest BCUT2D eigenvalue weighted by Gasteiger charge is 2.21. The van der Waals surface area contributed by atoms with Gasteiger partial charge in [0.25, 0.3) is 0 Å². The van der Waals surface area contributed by atoms with E-state index in [0.717, 1.165) is 17.4 Å². The van der Waals surface area contributed by atoms with Gasteiger partial charge >= 0.3 is 0 Å². The van der Waals surface area contributed by atoms with Crippen molar-refractivity contribution < 1.29 is 9.90 Å². The van der Waals surface area contributed by atoms with E-state index in [0.29, 0.717) is 5.75 Å². The summed E-state index contributed by atoms with van der Waals surface area (Å²) in [4.78, 5) is 12.4. The quantitative estimate of drug-likeness (QED) is 0.770. The van der Waals surface area contributed by atoms with Crippen LogP contribution in [-0.2, 0) is 4.79 Å². The zero-order valence-corrected chi connectivity index (χ0v) is 9.80. The van der Waals surface area contributed by atoms with E-state index in [1.807, 2.05) is 12.1 Å². The first-order chi connectivity index (χ1) is 7.74. The first-order valence-corrected chi connectivity index (χ1v) is 6.41. The average Bonchev–Trinajstić information content (AvgIpc) is 3.09. The summed E-state index contributed by atoms with van der Waals surface area (Å²) < 4.78 is 0. The summed E-state index contributed by atoms with van der Waals surface area (Å²) >= 11 is 1.49. The van der Waals surface area contributed by atoms with Crippen LogP contribution in [0.5, 0.6) is 5.75 Å². The van der Waals surface area contributed by atoms with Crippen LogP contribution in [0.25, 0.3) is 0 Å². The topological polar surface area (TPSA) is 49.3 Å². The summed E-state index contributed by atoms with van der Waals surface area (Å²) in [5, 5.41) is 12.0. The molecule has 2 N–H and O–H groups in total. The monoisotopic (exact) mass is 237 g/mol. The molecule has 2 rings (SSSR count). The van der Waals surface area contributed by atoms with Crippen LogP contribution in [-0.4, -0.2) is 23.3 Å². The molecule has 1 aromatic rings. The van der Waals surface area contributed by atoms with E-state index in [1.54, 1.807) is 12.1 Å². The van der Waals surface area contributed by atoms with Gasteiger partial charge < -0.3 is 10.4 Å². The highest BCUT2D eigenvalue weighted by Crippen LogP contribution is 2.27. The fourth-order valence-corrected chi connectivity index (χ4v) is 2.05. The molecule has 0 spiro atoms.